The van der Waals surface area contributed by atoms with Gasteiger partial charge in [-0.3, -0.25) is 14.7 Å². The summed E-state index contributed by atoms with van der Waals surface area (Å²) >= 11 is 0. The van der Waals surface area contributed by atoms with Crippen LogP contribution in [-0.2, 0) is 4.74 Å². The van der Waals surface area contributed by atoms with Crippen molar-refractivity contribution in [3.63, 3.8) is 0 Å². The molecule has 0 bridgehead atoms. The minimum absolute atomic E-state index is 0. The van der Waals surface area contributed by atoms with E-state index in [0.29, 0.717) is 12.1 Å². The number of aromatic nitrogens is 1. The molecule has 23 heavy (non-hydrogen) atoms. The second kappa shape index (κ2) is 8.82. The lowest BCUT2D eigenvalue weighted by molar-refractivity contribution is 0.0374. The maximum Gasteiger partial charge on any atom is 0.253 e. The molecular formula is C17H22ClN3O2. The number of morpholine rings is 1. The van der Waals surface area contributed by atoms with E-state index in [1.807, 2.05) is 30.3 Å². The number of amides is 1. The molecule has 0 saturated carbocycles. The number of ether oxygens (including phenoxy) is 1. The molecule has 6 heteroatoms. The molecule has 0 atom stereocenters. The third kappa shape index (κ3) is 4.64. The molecule has 1 aliphatic heterocycles. The van der Waals surface area contributed by atoms with Gasteiger partial charge in [-0.2, -0.15) is 0 Å². The molecule has 1 N–H and O–H groups in total. The summed E-state index contributed by atoms with van der Waals surface area (Å²) in [7, 11) is 0. The quantitative estimate of drug-likeness (QED) is 0.850. The van der Waals surface area contributed by atoms with E-state index in [-0.39, 0.29) is 18.3 Å². The van der Waals surface area contributed by atoms with Crippen LogP contribution in [0.25, 0.3) is 10.9 Å². The van der Waals surface area contributed by atoms with Gasteiger partial charge in [-0.25, -0.2) is 0 Å². The number of hydrogen-bond donors (Lipinski definition) is 1. The van der Waals surface area contributed by atoms with Gasteiger partial charge in [0.2, 0.25) is 0 Å². The van der Waals surface area contributed by atoms with Crippen LogP contribution < -0.4 is 5.32 Å². The number of carbonyl (C=O) groups excluding carboxylic acids is 1. The van der Waals surface area contributed by atoms with Crippen LogP contribution in [0.2, 0.25) is 0 Å². The molecule has 1 aliphatic rings. The lowest BCUT2D eigenvalue weighted by atomic mass is 10.1. The largest absolute Gasteiger partial charge is 0.379 e. The molecule has 2 aromatic rings. The third-order valence-electron chi connectivity index (χ3n) is 3.92. The second-order valence-corrected chi connectivity index (χ2v) is 5.44. The number of para-hydroxylation sites is 1. The monoisotopic (exact) mass is 335 g/mol. The van der Waals surface area contributed by atoms with Gasteiger partial charge in [0.1, 0.15) is 0 Å². The fourth-order valence-electron chi connectivity index (χ4n) is 2.71. The van der Waals surface area contributed by atoms with Crippen LogP contribution in [0.4, 0.5) is 0 Å². The Morgan fingerprint density at radius 3 is 2.83 bits per heavy atom. The zero-order chi connectivity index (χ0) is 15.2. The molecule has 1 aromatic carbocycles. The first-order valence-corrected chi connectivity index (χ1v) is 7.76. The van der Waals surface area contributed by atoms with Crippen LogP contribution in [0.3, 0.4) is 0 Å². The van der Waals surface area contributed by atoms with Crippen molar-refractivity contribution >= 4 is 29.2 Å². The molecule has 0 aliphatic carbocycles. The summed E-state index contributed by atoms with van der Waals surface area (Å²) in [6, 6.07) is 9.54. The number of halogens is 1. The molecule has 0 spiro atoms. The van der Waals surface area contributed by atoms with Crippen LogP contribution in [0.1, 0.15) is 16.8 Å². The predicted octanol–water partition coefficient (Wildman–Crippen LogP) is 2.11. The Morgan fingerprint density at radius 2 is 2.00 bits per heavy atom. The number of benzene rings is 1. The summed E-state index contributed by atoms with van der Waals surface area (Å²) < 4.78 is 5.32. The zero-order valence-corrected chi connectivity index (χ0v) is 13.8. The van der Waals surface area contributed by atoms with E-state index >= 15 is 0 Å². The SMILES string of the molecule is Cl.O=C(NCCCN1CCOCC1)c1cccc2cccnc12. The first-order chi connectivity index (χ1) is 10.8. The summed E-state index contributed by atoms with van der Waals surface area (Å²) in [5.41, 5.74) is 1.40. The Balaban J connectivity index is 0.00000192. The van der Waals surface area contributed by atoms with E-state index in [2.05, 4.69) is 15.2 Å². The van der Waals surface area contributed by atoms with Gasteiger partial charge in [-0.1, -0.05) is 18.2 Å². The average molecular weight is 336 g/mol. The fraction of sp³-hybridized carbons (Fsp3) is 0.412. The van der Waals surface area contributed by atoms with Crippen LogP contribution in [0, 0.1) is 0 Å². The lowest BCUT2D eigenvalue weighted by Crippen LogP contribution is -2.38. The molecule has 2 heterocycles. The van der Waals surface area contributed by atoms with Crippen molar-refractivity contribution in [3.8, 4) is 0 Å². The minimum atomic E-state index is -0.0497. The molecule has 1 aromatic heterocycles. The first kappa shape index (κ1) is 17.7. The topological polar surface area (TPSA) is 54.5 Å². The van der Waals surface area contributed by atoms with E-state index in [0.717, 1.165) is 50.2 Å². The van der Waals surface area contributed by atoms with E-state index in [9.17, 15) is 4.79 Å². The van der Waals surface area contributed by atoms with Gasteiger partial charge in [0.15, 0.2) is 0 Å². The molecule has 0 unspecified atom stereocenters. The Morgan fingerprint density at radius 1 is 1.22 bits per heavy atom. The van der Waals surface area contributed by atoms with Gasteiger partial charge >= 0.3 is 0 Å². The van der Waals surface area contributed by atoms with Gasteiger partial charge in [0.25, 0.3) is 5.91 Å². The highest BCUT2D eigenvalue weighted by molar-refractivity contribution is 6.05. The minimum Gasteiger partial charge on any atom is -0.379 e. The van der Waals surface area contributed by atoms with Crippen molar-refractivity contribution in [1.29, 1.82) is 0 Å². The van der Waals surface area contributed by atoms with Gasteiger partial charge in [0, 0.05) is 31.2 Å². The highest BCUT2D eigenvalue weighted by Gasteiger charge is 2.12. The van der Waals surface area contributed by atoms with Crippen LogP contribution in [0.15, 0.2) is 36.5 Å². The summed E-state index contributed by atoms with van der Waals surface area (Å²) in [6.45, 7) is 5.28. The van der Waals surface area contributed by atoms with Gasteiger partial charge in [0.05, 0.1) is 24.3 Å². The van der Waals surface area contributed by atoms with Gasteiger partial charge in [-0.15, -0.1) is 12.4 Å². The van der Waals surface area contributed by atoms with E-state index < -0.39 is 0 Å². The van der Waals surface area contributed by atoms with Crippen molar-refractivity contribution < 1.29 is 9.53 Å². The number of nitrogens with one attached hydrogen (secondary N) is 1. The Kier molecular flexibility index (Phi) is 6.77. The van der Waals surface area contributed by atoms with Crippen molar-refractivity contribution in [1.82, 2.24) is 15.2 Å². The van der Waals surface area contributed by atoms with E-state index in [1.165, 1.54) is 0 Å². The Bertz CT molecular complexity index is 639. The average Bonchev–Trinajstić information content (AvgIpc) is 2.59. The van der Waals surface area contributed by atoms with Gasteiger partial charge < -0.3 is 10.1 Å². The van der Waals surface area contributed by atoms with Crippen LogP contribution in [-0.4, -0.2) is 55.2 Å². The number of rotatable bonds is 5. The number of carbonyl (C=O) groups is 1. The van der Waals surface area contributed by atoms with Crippen molar-refractivity contribution in [3.05, 3.63) is 42.1 Å². The Hall–Kier alpha value is -1.69. The third-order valence-corrected chi connectivity index (χ3v) is 3.92. The second-order valence-electron chi connectivity index (χ2n) is 5.44. The summed E-state index contributed by atoms with van der Waals surface area (Å²) in [4.78, 5) is 19.0. The molecule has 1 saturated heterocycles. The maximum atomic E-state index is 12.3. The number of fused-ring (bicyclic) bond motifs is 1. The van der Waals surface area contributed by atoms with Crippen molar-refractivity contribution in [2.24, 2.45) is 0 Å². The standard InChI is InChI=1S/C17H21N3O2.ClH/c21-17(19-8-3-9-20-10-12-22-13-11-20)15-6-1-4-14-5-2-7-18-16(14)15;/h1-2,4-7H,3,8-13H2,(H,19,21);1H. The van der Waals surface area contributed by atoms with Crippen molar-refractivity contribution in [2.75, 3.05) is 39.4 Å². The molecule has 0 radical (unpaired) electrons. The number of hydrogen-bond acceptors (Lipinski definition) is 4. The fourth-order valence-corrected chi connectivity index (χ4v) is 2.71. The highest BCUT2D eigenvalue weighted by atomic mass is 35.5. The summed E-state index contributed by atoms with van der Waals surface area (Å²) in [5.74, 6) is -0.0497. The Labute approximate surface area is 142 Å². The molecule has 3 rings (SSSR count). The first-order valence-electron chi connectivity index (χ1n) is 7.76. The molecule has 124 valence electrons. The van der Waals surface area contributed by atoms with Crippen molar-refractivity contribution in [2.45, 2.75) is 6.42 Å². The number of nitrogens with zero attached hydrogens (tertiary/aromatic N) is 2. The zero-order valence-electron chi connectivity index (χ0n) is 13.0. The molecule has 1 amide bonds. The van der Waals surface area contributed by atoms with E-state index in [1.54, 1.807) is 6.20 Å². The number of pyridine rings is 1. The van der Waals surface area contributed by atoms with Gasteiger partial charge in [-0.05, 0) is 25.1 Å². The van der Waals surface area contributed by atoms with Crippen LogP contribution in [0.5, 0.6) is 0 Å². The smallest absolute Gasteiger partial charge is 0.253 e. The molecule has 1 fully saturated rings. The lowest BCUT2D eigenvalue weighted by Gasteiger charge is -2.26. The predicted molar refractivity (Wildman–Crippen MR) is 93.2 cm³/mol. The summed E-state index contributed by atoms with van der Waals surface area (Å²) in [5, 5.41) is 3.98. The highest BCUT2D eigenvalue weighted by Crippen LogP contribution is 2.15. The van der Waals surface area contributed by atoms with Crippen LogP contribution >= 0.6 is 12.4 Å². The summed E-state index contributed by atoms with van der Waals surface area (Å²) in [6.07, 6.45) is 2.67. The maximum absolute atomic E-state index is 12.3. The normalized spacial score (nSPS) is 15.1. The molecule has 5 nitrogen and oxygen atoms in total. The van der Waals surface area contributed by atoms with E-state index in [4.69, 9.17) is 4.74 Å². The molecular weight excluding hydrogens is 314 g/mol.